The highest BCUT2D eigenvalue weighted by atomic mass is 16.2. The molecule has 0 spiro atoms. The Morgan fingerprint density at radius 1 is 1.36 bits per heavy atom. The van der Waals surface area contributed by atoms with E-state index in [9.17, 15) is 9.59 Å². The fourth-order valence-electron chi connectivity index (χ4n) is 3.44. The van der Waals surface area contributed by atoms with Crippen LogP contribution in [0.15, 0.2) is 18.2 Å². The molecule has 2 amide bonds. The van der Waals surface area contributed by atoms with Crippen LogP contribution in [0.1, 0.15) is 48.5 Å². The number of nitrogens with two attached hydrogens (primary N) is 1. The first-order valence-corrected chi connectivity index (χ1v) is 8.05. The van der Waals surface area contributed by atoms with Crippen molar-refractivity contribution >= 4 is 17.5 Å². The van der Waals surface area contributed by atoms with Crippen molar-refractivity contribution in [1.82, 2.24) is 4.90 Å². The zero-order valence-corrected chi connectivity index (χ0v) is 13.0. The summed E-state index contributed by atoms with van der Waals surface area (Å²) in [5, 5.41) is 2.85. The number of likely N-dealkylation sites (tertiary alicyclic amines) is 1. The molecule has 0 unspecified atom stereocenters. The summed E-state index contributed by atoms with van der Waals surface area (Å²) < 4.78 is 0. The molecule has 2 atom stereocenters. The Kier molecular flexibility index (Phi) is 4.16. The molecule has 1 aromatic rings. The monoisotopic (exact) mass is 301 g/mol. The highest BCUT2D eigenvalue weighted by Gasteiger charge is 2.30. The molecule has 2 heterocycles. The van der Waals surface area contributed by atoms with Crippen molar-refractivity contribution in [2.24, 2.45) is 5.73 Å². The zero-order valence-electron chi connectivity index (χ0n) is 13.0. The molecule has 1 saturated heterocycles. The Bertz CT molecular complexity index is 598. The molecule has 1 aromatic carbocycles. The van der Waals surface area contributed by atoms with Crippen LogP contribution in [0.2, 0.25) is 0 Å². The number of aryl methyl sites for hydroxylation is 1. The summed E-state index contributed by atoms with van der Waals surface area (Å²) in [6.45, 7) is 2.75. The largest absolute Gasteiger partial charge is 0.334 e. The van der Waals surface area contributed by atoms with Gasteiger partial charge in [-0.05, 0) is 56.4 Å². The Morgan fingerprint density at radius 2 is 2.18 bits per heavy atom. The van der Waals surface area contributed by atoms with E-state index in [1.807, 2.05) is 24.0 Å². The van der Waals surface area contributed by atoms with Gasteiger partial charge in [-0.25, -0.2) is 0 Å². The van der Waals surface area contributed by atoms with Crippen molar-refractivity contribution in [3.63, 3.8) is 0 Å². The average Bonchev–Trinajstić information content (AvgIpc) is 2.53. The second-order valence-electron chi connectivity index (χ2n) is 6.34. The van der Waals surface area contributed by atoms with Gasteiger partial charge in [0.15, 0.2) is 0 Å². The molecule has 0 aliphatic carbocycles. The highest BCUT2D eigenvalue weighted by molar-refractivity contribution is 5.98. The number of hydrogen-bond acceptors (Lipinski definition) is 3. The SMILES string of the molecule is C[C@H](N)[C@@H]1CCCCN1C(=O)c1ccc2c(c1)CCC(=O)N2. The van der Waals surface area contributed by atoms with Gasteiger partial charge in [0.2, 0.25) is 5.91 Å². The van der Waals surface area contributed by atoms with Crippen molar-refractivity contribution in [2.75, 3.05) is 11.9 Å². The summed E-state index contributed by atoms with van der Waals surface area (Å²) in [5.41, 5.74) is 8.63. The number of piperidine rings is 1. The van der Waals surface area contributed by atoms with Crippen LogP contribution in [0.4, 0.5) is 5.69 Å². The molecule has 118 valence electrons. The van der Waals surface area contributed by atoms with E-state index in [2.05, 4.69) is 5.32 Å². The quantitative estimate of drug-likeness (QED) is 0.876. The van der Waals surface area contributed by atoms with Gasteiger partial charge in [0.05, 0.1) is 0 Å². The summed E-state index contributed by atoms with van der Waals surface area (Å²) in [5.74, 6) is 0.0985. The standard InChI is InChI=1S/C17H23N3O2/c1-11(18)15-4-2-3-9-20(15)17(22)13-5-7-14-12(10-13)6-8-16(21)19-14/h5,7,10-11,15H,2-4,6,8-9,18H2,1H3,(H,19,21)/t11-,15-/m0/s1. The molecule has 5 nitrogen and oxygen atoms in total. The molecule has 3 N–H and O–H groups in total. The third-order valence-corrected chi connectivity index (χ3v) is 4.66. The van der Waals surface area contributed by atoms with Gasteiger partial charge in [0, 0.05) is 36.3 Å². The summed E-state index contributed by atoms with van der Waals surface area (Å²) in [4.78, 5) is 26.2. The second-order valence-corrected chi connectivity index (χ2v) is 6.34. The second kappa shape index (κ2) is 6.08. The molecule has 2 aliphatic rings. The van der Waals surface area contributed by atoms with E-state index in [1.165, 1.54) is 0 Å². The maximum absolute atomic E-state index is 12.8. The van der Waals surface area contributed by atoms with E-state index < -0.39 is 0 Å². The number of carbonyl (C=O) groups excluding carboxylic acids is 2. The van der Waals surface area contributed by atoms with E-state index in [0.717, 1.165) is 37.1 Å². The lowest BCUT2D eigenvalue weighted by atomic mass is 9.95. The predicted molar refractivity (Wildman–Crippen MR) is 85.7 cm³/mol. The number of fused-ring (bicyclic) bond motifs is 1. The minimum Gasteiger partial charge on any atom is -0.334 e. The lowest BCUT2D eigenvalue weighted by Gasteiger charge is -2.38. The van der Waals surface area contributed by atoms with Crippen LogP contribution in [-0.4, -0.2) is 35.3 Å². The number of rotatable bonds is 2. The first kappa shape index (κ1) is 15.0. The minimum atomic E-state index is -0.0128. The zero-order chi connectivity index (χ0) is 15.7. The maximum atomic E-state index is 12.8. The number of nitrogens with one attached hydrogen (secondary N) is 1. The third kappa shape index (κ3) is 2.86. The van der Waals surface area contributed by atoms with E-state index in [-0.39, 0.29) is 23.9 Å². The number of hydrogen-bond donors (Lipinski definition) is 2. The Morgan fingerprint density at radius 3 is 2.95 bits per heavy atom. The molecule has 22 heavy (non-hydrogen) atoms. The summed E-state index contributed by atoms with van der Waals surface area (Å²) in [6, 6.07) is 5.67. The van der Waals surface area contributed by atoms with Crippen molar-refractivity contribution in [1.29, 1.82) is 0 Å². The van der Waals surface area contributed by atoms with Crippen molar-refractivity contribution < 1.29 is 9.59 Å². The van der Waals surface area contributed by atoms with Crippen LogP contribution in [-0.2, 0) is 11.2 Å². The number of amides is 2. The van der Waals surface area contributed by atoms with Crippen LogP contribution >= 0.6 is 0 Å². The number of anilines is 1. The number of carbonyl (C=O) groups is 2. The summed E-state index contributed by atoms with van der Waals surface area (Å²) in [6.07, 6.45) is 4.32. The van der Waals surface area contributed by atoms with Gasteiger partial charge in [0.25, 0.3) is 5.91 Å². The smallest absolute Gasteiger partial charge is 0.254 e. The fraction of sp³-hybridized carbons (Fsp3) is 0.529. The third-order valence-electron chi connectivity index (χ3n) is 4.66. The van der Waals surface area contributed by atoms with Crippen molar-refractivity contribution in [2.45, 2.75) is 51.1 Å². The summed E-state index contributed by atoms with van der Waals surface area (Å²) >= 11 is 0. The topological polar surface area (TPSA) is 75.4 Å². The number of nitrogens with zero attached hydrogens (tertiary/aromatic N) is 1. The molecule has 0 radical (unpaired) electrons. The van der Waals surface area contributed by atoms with Gasteiger partial charge < -0.3 is 16.0 Å². The predicted octanol–water partition coefficient (Wildman–Crippen LogP) is 1.91. The molecule has 3 rings (SSSR count). The normalized spacial score (nSPS) is 22.7. The molecule has 2 aliphatic heterocycles. The molecular formula is C17H23N3O2. The fourth-order valence-corrected chi connectivity index (χ4v) is 3.44. The number of benzene rings is 1. The molecule has 1 fully saturated rings. The lowest BCUT2D eigenvalue weighted by Crippen LogP contribution is -2.51. The Hall–Kier alpha value is -1.88. The van der Waals surface area contributed by atoms with E-state index in [4.69, 9.17) is 5.73 Å². The van der Waals surface area contributed by atoms with Crippen molar-refractivity contribution in [3.05, 3.63) is 29.3 Å². The van der Waals surface area contributed by atoms with Crippen LogP contribution in [0, 0.1) is 0 Å². The van der Waals surface area contributed by atoms with Gasteiger partial charge in [-0.3, -0.25) is 9.59 Å². The first-order chi connectivity index (χ1) is 10.6. The Balaban J connectivity index is 1.84. The molecule has 0 saturated carbocycles. The molecule has 0 aromatic heterocycles. The summed E-state index contributed by atoms with van der Waals surface area (Å²) in [7, 11) is 0. The van der Waals surface area contributed by atoms with E-state index in [0.29, 0.717) is 18.4 Å². The van der Waals surface area contributed by atoms with Crippen LogP contribution in [0.3, 0.4) is 0 Å². The molecular weight excluding hydrogens is 278 g/mol. The van der Waals surface area contributed by atoms with E-state index >= 15 is 0 Å². The van der Waals surface area contributed by atoms with Crippen molar-refractivity contribution in [3.8, 4) is 0 Å². The van der Waals surface area contributed by atoms with Crippen LogP contribution in [0.5, 0.6) is 0 Å². The lowest BCUT2D eigenvalue weighted by molar-refractivity contribution is -0.116. The Labute approximate surface area is 130 Å². The molecule has 5 heteroatoms. The molecule has 0 bridgehead atoms. The van der Waals surface area contributed by atoms with Crippen LogP contribution < -0.4 is 11.1 Å². The van der Waals surface area contributed by atoms with E-state index in [1.54, 1.807) is 6.07 Å². The first-order valence-electron chi connectivity index (χ1n) is 8.05. The average molecular weight is 301 g/mol. The van der Waals surface area contributed by atoms with Gasteiger partial charge in [-0.2, -0.15) is 0 Å². The van der Waals surface area contributed by atoms with Gasteiger partial charge in [-0.1, -0.05) is 0 Å². The van der Waals surface area contributed by atoms with Gasteiger partial charge >= 0.3 is 0 Å². The maximum Gasteiger partial charge on any atom is 0.254 e. The minimum absolute atomic E-state index is 0.0128. The van der Waals surface area contributed by atoms with Gasteiger partial charge in [-0.15, -0.1) is 0 Å². The van der Waals surface area contributed by atoms with Gasteiger partial charge in [0.1, 0.15) is 0 Å². The van der Waals surface area contributed by atoms with Crippen LogP contribution in [0.25, 0.3) is 0 Å². The highest BCUT2D eigenvalue weighted by Crippen LogP contribution is 2.26.